The summed E-state index contributed by atoms with van der Waals surface area (Å²) in [6.07, 6.45) is 6.65. The Hall–Kier alpha value is -3.52. The molecule has 1 aliphatic heterocycles. The number of aryl methyl sites for hydroxylation is 1. The third-order valence-corrected chi connectivity index (χ3v) is 7.63. The molecule has 0 aromatic carbocycles. The number of fused-ring (bicyclic) bond motifs is 1. The Balaban J connectivity index is 1.34. The van der Waals surface area contributed by atoms with Crippen LogP contribution in [0.2, 0.25) is 0 Å². The lowest BCUT2D eigenvalue weighted by molar-refractivity contribution is 0.0950. The highest BCUT2D eigenvalue weighted by atomic mass is 32.2. The van der Waals surface area contributed by atoms with Crippen LogP contribution in [0.3, 0.4) is 0 Å². The summed E-state index contributed by atoms with van der Waals surface area (Å²) in [5.74, 6) is 2.16. The average molecular weight is 513 g/mol. The predicted octanol–water partition coefficient (Wildman–Crippen LogP) is 5.53. The second-order valence-electron chi connectivity index (χ2n) is 9.99. The molecule has 5 rings (SSSR count). The molecule has 190 valence electrons. The largest absolute Gasteiger partial charge is 0.356 e. The minimum atomic E-state index is -0.172. The molecule has 2 atom stereocenters. The Labute approximate surface area is 222 Å². The van der Waals surface area contributed by atoms with Gasteiger partial charge in [0.15, 0.2) is 0 Å². The van der Waals surface area contributed by atoms with E-state index in [1.807, 2.05) is 43.5 Å². The highest BCUT2D eigenvalue weighted by molar-refractivity contribution is 7.98. The van der Waals surface area contributed by atoms with Crippen LogP contribution < -0.4 is 10.2 Å². The zero-order chi connectivity index (χ0) is 25.9. The standard InChI is InChI=1S/C29H32N6OS/c1-18-10-19(2)17-35(16-18)28-7-5-6-24(34-28)25-9-8-21-13-31-23(12-26(21)33-25)15-32-29(36)22-11-27(37-4)20(3)30-14-22/h5-9,11-14,18-19H,10,15-17H2,1-4H3,(H,32,36). The van der Waals surface area contributed by atoms with Gasteiger partial charge >= 0.3 is 0 Å². The van der Waals surface area contributed by atoms with Crippen molar-refractivity contribution < 1.29 is 4.79 Å². The maximum Gasteiger partial charge on any atom is 0.253 e. The summed E-state index contributed by atoms with van der Waals surface area (Å²) in [5, 5.41) is 3.90. The number of thioether (sulfide) groups is 1. The lowest BCUT2D eigenvalue weighted by atomic mass is 9.92. The summed E-state index contributed by atoms with van der Waals surface area (Å²) in [5.41, 5.74) is 4.71. The number of hydrogen-bond donors (Lipinski definition) is 1. The SMILES string of the molecule is CSc1cc(C(=O)NCc2cc3nc(-c4cccc(N5CC(C)CC(C)C5)n4)ccc3cn2)cnc1C. The van der Waals surface area contributed by atoms with Crippen LogP contribution in [0.1, 0.15) is 42.0 Å². The van der Waals surface area contributed by atoms with Gasteiger partial charge in [-0.3, -0.25) is 14.8 Å². The first-order valence-corrected chi connectivity index (χ1v) is 13.9. The van der Waals surface area contributed by atoms with Crippen LogP contribution in [0.15, 0.2) is 59.8 Å². The van der Waals surface area contributed by atoms with Crippen molar-refractivity contribution in [3.8, 4) is 11.4 Å². The minimum Gasteiger partial charge on any atom is -0.356 e. The molecule has 0 saturated carbocycles. The number of piperidine rings is 1. The number of hydrogen-bond acceptors (Lipinski definition) is 7. The molecule has 0 spiro atoms. The van der Waals surface area contributed by atoms with Crippen LogP contribution in [0.25, 0.3) is 22.3 Å². The smallest absolute Gasteiger partial charge is 0.253 e. The van der Waals surface area contributed by atoms with Crippen LogP contribution in [0.4, 0.5) is 5.82 Å². The van der Waals surface area contributed by atoms with Crippen LogP contribution >= 0.6 is 11.8 Å². The first kappa shape index (κ1) is 25.1. The van der Waals surface area contributed by atoms with Crippen LogP contribution in [-0.2, 0) is 6.54 Å². The highest BCUT2D eigenvalue weighted by Crippen LogP contribution is 2.27. The van der Waals surface area contributed by atoms with E-state index in [-0.39, 0.29) is 5.91 Å². The van der Waals surface area contributed by atoms with Crippen LogP contribution in [0, 0.1) is 18.8 Å². The zero-order valence-electron chi connectivity index (χ0n) is 21.7. The first-order chi connectivity index (χ1) is 17.9. The van der Waals surface area contributed by atoms with E-state index in [1.54, 1.807) is 24.2 Å². The summed E-state index contributed by atoms with van der Waals surface area (Å²) in [6.45, 7) is 8.93. The fourth-order valence-corrected chi connectivity index (χ4v) is 5.60. The number of aromatic nitrogens is 4. The summed E-state index contributed by atoms with van der Waals surface area (Å²) in [7, 11) is 0. The number of anilines is 1. The summed E-state index contributed by atoms with van der Waals surface area (Å²) in [6, 6.07) is 14.0. The Bertz CT molecular complexity index is 1430. The van der Waals surface area contributed by atoms with E-state index in [4.69, 9.17) is 9.97 Å². The molecule has 4 aromatic heterocycles. The molecule has 7 nitrogen and oxygen atoms in total. The van der Waals surface area contributed by atoms with Gasteiger partial charge in [0.05, 0.1) is 40.4 Å². The molecule has 8 heteroatoms. The molecule has 37 heavy (non-hydrogen) atoms. The number of carbonyl (C=O) groups excluding carboxylic acids is 1. The summed E-state index contributed by atoms with van der Waals surface area (Å²) < 4.78 is 0. The Morgan fingerprint density at radius 2 is 1.81 bits per heavy atom. The maximum atomic E-state index is 12.7. The van der Waals surface area contributed by atoms with E-state index in [2.05, 4.69) is 46.2 Å². The second kappa shape index (κ2) is 10.8. The van der Waals surface area contributed by atoms with Crippen LogP contribution in [-0.4, -0.2) is 45.2 Å². The molecule has 1 aliphatic rings. The van der Waals surface area contributed by atoms with E-state index in [9.17, 15) is 4.79 Å². The molecule has 5 heterocycles. The lowest BCUT2D eigenvalue weighted by Crippen LogP contribution is -2.39. The summed E-state index contributed by atoms with van der Waals surface area (Å²) >= 11 is 1.58. The van der Waals surface area contributed by atoms with Gasteiger partial charge < -0.3 is 10.2 Å². The van der Waals surface area contributed by atoms with Gasteiger partial charge in [-0.15, -0.1) is 11.8 Å². The molecular weight excluding hydrogens is 480 g/mol. The summed E-state index contributed by atoms with van der Waals surface area (Å²) in [4.78, 5) is 34.8. The average Bonchev–Trinajstić information content (AvgIpc) is 2.91. The van der Waals surface area contributed by atoms with E-state index in [1.165, 1.54) is 6.42 Å². The van der Waals surface area contributed by atoms with E-state index in [0.717, 1.165) is 57.5 Å². The molecule has 2 unspecified atom stereocenters. The van der Waals surface area contributed by atoms with Crippen molar-refractivity contribution in [2.45, 2.75) is 38.6 Å². The van der Waals surface area contributed by atoms with Gasteiger partial charge in [-0.1, -0.05) is 19.9 Å². The van der Waals surface area contributed by atoms with Gasteiger partial charge in [-0.05, 0) is 67.8 Å². The lowest BCUT2D eigenvalue weighted by Gasteiger charge is -2.35. The number of carbonyl (C=O) groups is 1. The molecule has 1 saturated heterocycles. The van der Waals surface area contributed by atoms with Crippen LogP contribution in [0.5, 0.6) is 0 Å². The quantitative estimate of drug-likeness (QED) is 0.340. The van der Waals surface area contributed by atoms with Gasteiger partial charge in [0.25, 0.3) is 5.91 Å². The fourth-order valence-electron chi connectivity index (χ4n) is 5.01. The molecule has 1 fully saturated rings. The topological polar surface area (TPSA) is 83.9 Å². The number of pyridine rings is 4. The Morgan fingerprint density at radius 1 is 1.03 bits per heavy atom. The number of rotatable bonds is 6. The molecule has 0 aliphatic carbocycles. The van der Waals surface area contributed by atoms with Crippen molar-refractivity contribution >= 4 is 34.4 Å². The van der Waals surface area contributed by atoms with Crippen molar-refractivity contribution in [2.75, 3.05) is 24.2 Å². The third kappa shape index (κ3) is 5.74. The van der Waals surface area contributed by atoms with E-state index < -0.39 is 0 Å². The predicted molar refractivity (Wildman–Crippen MR) is 150 cm³/mol. The number of amides is 1. The molecule has 4 aromatic rings. The zero-order valence-corrected chi connectivity index (χ0v) is 22.5. The molecule has 0 radical (unpaired) electrons. The van der Waals surface area contributed by atoms with Crippen molar-refractivity contribution in [3.05, 3.63) is 71.8 Å². The monoisotopic (exact) mass is 512 g/mol. The normalized spacial score (nSPS) is 17.7. The maximum absolute atomic E-state index is 12.7. The highest BCUT2D eigenvalue weighted by Gasteiger charge is 2.23. The molecule has 1 N–H and O–H groups in total. The van der Waals surface area contributed by atoms with Crippen molar-refractivity contribution in [1.29, 1.82) is 0 Å². The van der Waals surface area contributed by atoms with Gasteiger partial charge in [0.2, 0.25) is 0 Å². The minimum absolute atomic E-state index is 0.172. The van der Waals surface area contributed by atoms with Gasteiger partial charge in [-0.25, -0.2) is 9.97 Å². The molecule has 1 amide bonds. The number of nitrogens with one attached hydrogen (secondary N) is 1. The van der Waals surface area contributed by atoms with Crippen molar-refractivity contribution in [2.24, 2.45) is 11.8 Å². The fraction of sp³-hybridized carbons (Fsp3) is 0.345. The van der Waals surface area contributed by atoms with Gasteiger partial charge in [0.1, 0.15) is 5.82 Å². The van der Waals surface area contributed by atoms with Crippen molar-refractivity contribution in [3.63, 3.8) is 0 Å². The van der Waals surface area contributed by atoms with E-state index >= 15 is 0 Å². The van der Waals surface area contributed by atoms with Gasteiger partial charge in [0, 0.05) is 35.8 Å². The number of nitrogens with zero attached hydrogens (tertiary/aromatic N) is 5. The molecular formula is C29H32N6OS. The van der Waals surface area contributed by atoms with E-state index in [0.29, 0.717) is 23.9 Å². The Morgan fingerprint density at radius 3 is 2.59 bits per heavy atom. The van der Waals surface area contributed by atoms with Gasteiger partial charge in [-0.2, -0.15) is 0 Å². The first-order valence-electron chi connectivity index (χ1n) is 12.7. The molecule has 0 bridgehead atoms. The Kier molecular flexibility index (Phi) is 7.37. The van der Waals surface area contributed by atoms with Crippen molar-refractivity contribution in [1.82, 2.24) is 25.3 Å². The second-order valence-corrected chi connectivity index (χ2v) is 10.8. The third-order valence-electron chi connectivity index (χ3n) is 6.77.